The molecule has 3 rings (SSSR count). The maximum absolute atomic E-state index is 12.3. The lowest BCUT2D eigenvalue weighted by Crippen LogP contribution is -2.52. The summed E-state index contributed by atoms with van der Waals surface area (Å²) in [6.07, 6.45) is 8.39. The highest BCUT2D eigenvalue weighted by molar-refractivity contribution is 5.91. The van der Waals surface area contributed by atoms with Crippen molar-refractivity contribution in [1.82, 2.24) is 15.1 Å². The van der Waals surface area contributed by atoms with Gasteiger partial charge in [0.2, 0.25) is 0 Å². The normalized spacial score (nSPS) is 19.6. The predicted octanol–water partition coefficient (Wildman–Crippen LogP) is 2.84. The minimum absolute atomic E-state index is 0.0857. The van der Waals surface area contributed by atoms with Crippen molar-refractivity contribution in [3.63, 3.8) is 0 Å². The van der Waals surface area contributed by atoms with Crippen molar-refractivity contribution in [3.05, 3.63) is 35.9 Å². The number of carbonyl (C=O) groups is 2. The number of urea groups is 1. The van der Waals surface area contributed by atoms with E-state index in [0.717, 1.165) is 0 Å². The topological polar surface area (TPSA) is 65.8 Å². The van der Waals surface area contributed by atoms with Crippen LogP contribution in [-0.2, 0) is 0 Å². The van der Waals surface area contributed by atoms with Crippen LogP contribution in [0.25, 0.3) is 0 Å². The second kappa shape index (κ2) is 7.55. The van der Waals surface area contributed by atoms with Gasteiger partial charge in [0.05, 0.1) is 6.26 Å². The summed E-state index contributed by atoms with van der Waals surface area (Å²) in [5.74, 6) is 0.855. The number of nitrogens with zero attached hydrogens (tertiary/aromatic N) is 2. The summed E-state index contributed by atoms with van der Waals surface area (Å²) in [7, 11) is 0. The highest BCUT2D eigenvalue weighted by Crippen LogP contribution is 2.30. The zero-order chi connectivity index (χ0) is 16.9. The van der Waals surface area contributed by atoms with Crippen molar-refractivity contribution in [2.24, 2.45) is 5.92 Å². The third-order valence-corrected chi connectivity index (χ3v) is 5.01. The molecule has 6 heteroatoms. The molecule has 2 fully saturated rings. The van der Waals surface area contributed by atoms with Crippen molar-refractivity contribution < 1.29 is 14.0 Å². The van der Waals surface area contributed by atoms with Gasteiger partial charge < -0.3 is 19.5 Å². The first-order chi connectivity index (χ1) is 11.6. The van der Waals surface area contributed by atoms with E-state index in [1.54, 1.807) is 21.9 Å². The molecule has 1 aromatic heterocycles. The average Bonchev–Trinajstić information content (AvgIpc) is 3.32. The first-order valence-corrected chi connectivity index (χ1v) is 8.70. The molecule has 24 heavy (non-hydrogen) atoms. The number of amides is 3. The van der Waals surface area contributed by atoms with Crippen LogP contribution < -0.4 is 5.32 Å². The van der Waals surface area contributed by atoms with E-state index in [9.17, 15) is 9.59 Å². The number of hydrogen-bond acceptors (Lipinski definition) is 3. The Hall–Kier alpha value is -2.24. The summed E-state index contributed by atoms with van der Waals surface area (Å²) in [5.41, 5.74) is 1.26. The Balaban J connectivity index is 1.46. The van der Waals surface area contributed by atoms with Gasteiger partial charge in [-0.05, 0) is 37.8 Å². The van der Waals surface area contributed by atoms with Crippen LogP contribution in [0.3, 0.4) is 0 Å². The Morgan fingerprint density at radius 3 is 2.46 bits per heavy atom. The second-order valence-electron chi connectivity index (χ2n) is 6.58. The van der Waals surface area contributed by atoms with E-state index >= 15 is 0 Å². The smallest absolute Gasteiger partial charge is 0.321 e. The van der Waals surface area contributed by atoms with Crippen LogP contribution in [-0.4, -0.2) is 47.9 Å². The van der Waals surface area contributed by atoms with E-state index in [1.165, 1.54) is 37.5 Å². The molecule has 0 aromatic carbocycles. The van der Waals surface area contributed by atoms with E-state index in [2.05, 4.69) is 12.2 Å². The Kier molecular flexibility index (Phi) is 5.23. The number of hydrogen-bond donors (Lipinski definition) is 1. The van der Waals surface area contributed by atoms with Crippen LogP contribution in [0.5, 0.6) is 0 Å². The molecule has 0 unspecified atom stereocenters. The molecule has 2 aliphatic rings. The molecule has 1 aliphatic carbocycles. The van der Waals surface area contributed by atoms with E-state index in [1.807, 2.05) is 6.20 Å². The number of piperazine rings is 1. The minimum Gasteiger partial charge on any atom is -0.459 e. The molecule has 1 aromatic rings. The van der Waals surface area contributed by atoms with Gasteiger partial charge in [-0.25, -0.2) is 4.79 Å². The summed E-state index contributed by atoms with van der Waals surface area (Å²) in [4.78, 5) is 28.0. The van der Waals surface area contributed by atoms with E-state index in [4.69, 9.17) is 4.42 Å². The summed E-state index contributed by atoms with van der Waals surface area (Å²) >= 11 is 0. The van der Waals surface area contributed by atoms with Crippen LogP contribution in [0, 0.1) is 5.92 Å². The number of nitrogens with one attached hydrogen (secondary N) is 1. The number of carbonyl (C=O) groups excluding carboxylic acids is 2. The Morgan fingerprint density at radius 2 is 1.83 bits per heavy atom. The summed E-state index contributed by atoms with van der Waals surface area (Å²) in [6, 6.07) is 3.28. The first-order valence-electron chi connectivity index (χ1n) is 8.70. The van der Waals surface area contributed by atoms with Crippen molar-refractivity contribution in [2.45, 2.75) is 32.6 Å². The van der Waals surface area contributed by atoms with Crippen LogP contribution in [0.4, 0.5) is 4.79 Å². The first kappa shape index (κ1) is 16.6. The molecule has 1 aliphatic heterocycles. The number of rotatable bonds is 3. The zero-order valence-corrected chi connectivity index (χ0v) is 14.2. The highest BCUT2D eigenvalue weighted by Gasteiger charge is 2.26. The molecule has 1 N–H and O–H groups in total. The second-order valence-corrected chi connectivity index (χ2v) is 6.58. The maximum Gasteiger partial charge on any atom is 0.321 e. The Labute approximate surface area is 142 Å². The monoisotopic (exact) mass is 331 g/mol. The molecule has 0 spiro atoms. The van der Waals surface area contributed by atoms with Crippen LogP contribution in [0.1, 0.15) is 43.2 Å². The van der Waals surface area contributed by atoms with Crippen LogP contribution in [0.15, 0.2) is 34.6 Å². The summed E-state index contributed by atoms with van der Waals surface area (Å²) in [5, 5.41) is 2.90. The standard InChI is InChI=1S/C18H25N3O3/c1-14(15-5-2-3-6-15)13-19-18(23)21-10-8-20(9-11-21)17(22)16-7-4-12-24-16/h4,7,12-13,15H,2-3,5-6,8-11H2,1H3,(H,19,23)/b14-13+. The van der Waals surface area contributed by atoms with Crippen molar-refractivity contribution in [3.8, 4) is 0 Å². The number of furan rings is 1. The lowest BCUT2D eigenvalue weighted by atomic mass is 10.0. The van der Waals surface area contributed by atoms with Crippen molar-refractivity contribution in [1.29, 1.82) is 0 Å². The molecule has 0 bridgehead atoms. The summed E-state index contributed by atoms with van der Waals surface area (Å²) in [6.45, 7) is 4.22. The fourth-order valence-corrected chi connectivity index (χ4v) is 3.43. The molecule has 6 nitrogen and oxygen atoms in total. The quantitative estimate of drug-likeness (QED) is 0.926. The predicted molar refractivity (Wildman–Crippen MR) is 90.4 cm³/mol. The highest BCUT2D eigenvalue weighted by atomic mass is 16.3. The molecule has 130 valence electrons. The van der Waals surface area contributed by atoms with Crippen LogP contribution >= 0.6 is 0 Å². The molecule has 0 radical (unpaired) electrons. The van der Waals surface area contributed by atoms with E-state index in [0.29, 0.717) is 37.9 Å². The van der Waals surface area contributed by atoms with Gasteiger partial charge in [-0.1, -0.05) is 18.4 Å². The fourth-order valence-electron chi connectivity index (χ4n) is 3.43. The molecule has 1 saturated carbocycles. The molecular formula is C18H25N3O3. The maximum atomic E-state index is 12.3. The van der Waals surface area contributed by atoms with Gasteiger partial charge in [-0.2, -0.15) is 0 Å². The van der Waals surface area contributed by atoms with Crippen molar-refractivity contribution >= 4 is 11.9 Å². The van der Waals surface area contributed by atoms with Gasteiger partial charge in [0.1, 0.15) is 0 Å². The largest absolute Gasteiger partial charge is 0.459 e. The van der Waals surface area contributed by atoms with Gasteiger partial charge in [-0.15, -0.1) is 0 Å². The van der Waals surface area contributed by atoms with Gasteiger partial charge in [0.25, 0.3) is 5.91 Å². The third-order valence-electron chi connectivity index (χ3n) is 5.01. The molecule has 0 atom stereocenters. The molecule has 2 heterocycles. The third kappa shape index (κ3) is 3.80. The SMILES string of the molecule is C/C(=C\NC(=O)N1CCN(C(=O)c2ccco2)CC1)C1CCCC1. The zero-order valence-electron chi connectivity index (χ0n) is 14.2. The van der Waals surface area contributed by atoms with E-state index in [-0.39, 0.29) is 11.9 Å². The van der Waals surface area contributed by atoms with Gasteiger partial charge in [-0.3, -0.25) is 4.79 Å². The minimum atomic E-state index is -0.114. The van der Waals surface area contributed by atoms with E-state index < -0.39 is 0 Å². The Morgan fingerprint density at radius 1 is 1.17 bits per heavy atom. The van der Waals surface area contributed by atoms with Gasteiger partial charge in [0.15, 0.2) is 5.76 Å². The average molecular weight is 331 g/mol. The lowest BCUT2D eigenvalue weighted by Gasteiger charge is -2.34. The molecule has 1 saturated heterocycles. The molecule has 3 amide bonds. The van der Waals surface area contributed by atoms with Gasteiger partial charge in [0, 0.05) is 32.4 Å². The lowest BCUT2D eigenvalue weighted by molar-refractivity contribution is 0.0635. The molecular weight excluding hydrogens is 306 g/mol. The number of allylic oxidation sites excluding steroid dienone is 1. The van der Waals surface area contributed by atoms with Crippen molar-refractivity contribution in [2.75, 3.05) is 26.2 Å². The summed E-state index contributed by atoms with van der Waals surface area (Å²) < 4.78 is 5.14. The fraction of sp³-hybridized carbons (Fsp3) is 0.556. The van der Waals surface area contributed by atoms with Crippen LogP contribution in [0.2, 0.25) is 0 Å². The van der Waals surface area contributed by atoms with Gasteiger partial charge >= 0.3 is 6.03 Å². The Bertz CT molecular complexity index is 595.